The molecule has 0 bridgehead atoms. The number of hydrogen-bond donors (Lipinski definition) is 2. The van der Waals surface area contributed by atoms with Crippen LogP contribution in [0.2, 0.25) is 0 Å². The molecule has 186 valence electrons. The van der Waals surface area contributed by atoms with Crippen LogP contribution in [0.15, 0.2) is 30.5 Å². The monoisotopic (exact) mass is 502 g/mol. The second-order valence-corrected chi connectivity index (χ2v) is 12.1. The second-order valence-electron chi connectivity index (χ2n) is 11.0. The van der Waals surface area contributed by atoms with Gasteiger partial charge in [0, 0.05) is 28.7 Å². The molecule has 0 radical (unpaired) electrons. The summed E-state index contributed by atoms with van der Waals surface area (Å²) in [6, 6.07) is 8.15. The molecule has 1 aromatic carbocycles. The van der Waals surface area contributed by atoms with Gasteiger partial charge in [0.15, 0.2) is 0 Å². The summed E-state index contributed by atoms with van der Waals surface area (Å²) in [4.78, 5) is 45.6. The number of aryl methyl sites for hydroxylation is 2. The smallest absolute Gasteiger partial charge is 0.234 e. The first-order valence-corrected chi connectivity index (χ1v) is 13.3. The molecule has 1 saturated carbocycles. The number of piperidine rings is 1. The lowest BCUT2D eigenvalue weighted by Crippen LogP contribution is -2.35. The molecule has 36 heavy (non-hydrogen) atoms. The number of anilines is 1. The molecule has 2 aliphatic heterocycles. The minimum Gasteiger partial charge on any atom is -0.325 e. The maximum atomic E-state index is 13.0. The van der Waals surface area contributed by atoms with Crippen LogP contribution in [-0.2, 0) is 20.9 Å². The Kier molecular flexibility index (Phi) is 5.32. The number of hydrogen-bond acceptors (Lipinski definition) is 6. The molecule has 2 unspecified atom stereocenters. The number of nitrogens with one attached hydrogen (secondary N) is 2. The number of amides is 3. The van der Waals surface area contributed by atoms with E-state index < -0.39 is 0 Å². The highest BCUT2D eigenvalue weighted by Gasteiger charge is 2.72. The largest absolute Gasteiger partial charge is 0.325 e. The summed E-state index contributed by atoms with van der Waals surface area (Å²) >= 11 is 1.56. The van der Waals surface area contributed by atoms with Crippen molar-refractivity contribution in [2.24, 2.45) is 23.2 Å². The summed E-state index contributed by atoms with van der Waals surface area (Å²) in [7, 11) is 0. The van der Waals surface area contributed by atoms with Gasteiger partial charge < -0.3 is 10.6 Å². The summed E-state index contributed by atoms with van der Waals surface area (Å²) in [6.45, 7) is 9.91. The van der Waals surface area contributed by atoms with E-state index in [1.54, 1.807) is 17.5 Å². The molecule has 3 aliphatic rings. The highest BCUT2D eigenvalue weighted by molar-refractivity contribution is 7.19. The van der Waals surface area contributed by atoms with Crippen molar-refractivity contribution in [3.63, 3.8) is 0 Å². The average Bonchev–Trinajstić information content (AvgIpc) is 3.31. The van der Waals surface area contributed by atoms with Gasteiger partial charge in [-0.05, 0) is 56.0 Å². The maximum Gasteiger partial charge on any atom is 0.234 e. The molecular weight excluding hydrogens is 472 g/mol. The Labute approximate surface area is 214 Å². The Bertz CT molecular complexity index is 1410. The van der Waals surface area contributed by atoms with Gasteiger partial charge >= 0.3 is 0 Å². The van der Waals surface area contributed by atoms with Gasteiger partial charge in [0.1, 0.15) is 0 Å². The quantitative estimate of drug-likeness (QED) is 0.509. The maximum absolute atomic E-state index is 13.0. The number of likely N-dealkylation sites (tertiary alicyclic amines) is 1. The Morgan fingerprint density at radius 2 is 1.92 bits per heavy atom. The van der Waals surface area contributed by atoms with Gasteiger partial charge in [-0.25, -0.2) is 0 Å². The van der Waals surface area contributed by atoms with Crippen molar-refractivity contribution < 1.29 is 14.4 Å². The molecule has 1 aliphatic carbocycles. The summed E-state index contributed by atoms with van der Waals surface area (Å²) in [5, 5.41) is 6.48. The summed E-state index contributed by atoms with van der Waals surface area (Å²) < 4.78 is 0.986. The van der Waals surface area contributed by atoms with E-state index in [-0.39, 0.29) is 47.4 Å². The Hall–Kier alpha value is -3.10. The van der Waals surface area contributed by atoms with Crippen molar-refractivity contribution in [2.45, 2.75) is 40.7 Å². The van der Waals surface area contributed by atoms with Crippen LogP contribution in [-0.4, -0.2) is 40.7 Å². The van der Waals surface area contributed by atoms with E-state index in [0.29, 0.717) is 6.54 Å². The third kappa shape index (κ3) is 3.58. The molecule has 3 aromatic rings. The van der Waals surface area contributed by atoms with Crippen molar-refractivity contribution in [3.05, 3.63) is 46.5 Å². The summed E-state index contributed by atoms with van der Waals surface area (Å²) in [6.07, 6.45) is 2.62. The second kappa shape index (κ2) is 8.21. The number of imide groups is 1. The number of fused-ring (bicyclic) bond motifs is 2. The lowest BCUT2D eigenvalue weighted by molar-refractivity contribution is -0.143. The van der Waals surface area contributed by atoms with Crippen LogP contribution in [0.1, 0.15) is 36.3 Å². The number of aromatic nitrogens is 1. The Morgan fingerprint density at radius 1 is 1.17 bits per heavy atom. The minimum absolute atomic E-state index is 0.0314. The first-order valence-electron chi connectivity index (χ1n) is 12.5. The predicted molar refractivity (Wildman–Crippen MR) is 140 cm³/mol. The van der Waals surface area contributed by atoms with Crippen molar-refractivity contribution in [3.8, 4) is 11.1 Å². The third-order valence-electron chi connectivity index (χ3n) is 8.12. The first kappa shape index (κ1) is 23.3. The molecule has 4 heterocycles. The van der Waals surface area contributed by atoms with Crippen LogP contribution in [0.25, 0.3) is 21.3 Å². The van der Waals surface area contributed by atoms with E-state index in [0.717, 1.165) is 56.0 Å². The fourth-order valence-electron chi connectivity index (χ4n) is 6.04. The first-order chi connectivity index (χ1) is 17.2. The van der Waals surface area contributed by atoms with E-state index >= 15 is 0 Å². The summed E-state index contributed by atoms with van der Waals surface area (Å²) in [5.41, 5.74) is 5.52. The van der Waals surface area contributed by atoms with Gasteiger partial charge in [-0.1, -0.05) is 25.5 Å². The van der Waals surface area contributed by atoms with Crippen LogP contribution < -0.4 is 10.6 Å². The van der Waals surface area contributed by atoms with Crippen LogP contribution in [0.4, 0.5) is 5.69 Å². The number of benzene rings is 1. The molecule has 0 spiro atoms. The lowest BCUT2D eigenvalue weighted by Gasteiger charge is -2.19. The third-order valence-corrected chi connectivity index (χ3v) is 9.26. The molecule has 2 aromatic heterocycles. The van der Waals surface area contributed by atoms with Crippen molar-refractivity contribution in [1.29, 1.82) is 0 Å². The van der Waals surface area contributed by atoms with Crippen molar-refractivity contribution >= 4 is 45.0 Å². The SMILES string of the molecule is Cc1cc(C)c(NC(=O)[C@H]2CCNC2)c(-c2ccnc3cc(CN4C(=O)C5C(C4=O)C5(C)C)sc23)c1. The van der Waals surface area contributed by atoms with E-state index in [2.05, 4.69) is 34.7 Å². The van der Waals surface area contributed by atoms with Crippen LogP contribution >= 0.6 is 11.3 Å². The van der Waals surface area contributed by atoms with Gasteiger partial charge in [-0.2, -0.15) is 0 Å². The molecule has 7 nitrogen and oxygen atoms in total. The van der Waals surface area contributed by atoms with Gasteiger partial charge in [-0.15, -0.1) is 11.3 Å². The number of pyridine rings is 1. The topological polar surface area (TPSA) is 91.4 Å². The molecule has 3 amide bonds. The van der Waals surface area contributed by atoms with E-state index in [9.17, 15) is 14.4 Å². The average molecular weight is 503 g/mol. The zero-order valence-electron chi connectivity index (χ0n) is 21.0. The number of rotatable bonds is 5. The van der Waals surface area contributed by atoms with Gasteiger partial charge in [0.2, 0.25) is 17.7 Å². The van der Waals surface area contributed by atoms with E-state index in [1.165, 1.54) is 4.90 Å². The molecule has 3 atom stereocenters. The van der Waals surface area contributed by atoms with Crippen LogP contribution in [0.5, 0.6) is 0 Å². The molecule has 8 heteroatoms. The van der Waals surface area contributed by atoms with Crippen LogP contribution in [0.3, 0.4) is 0 Å². The zero-order chi connectivity index (χ0) is 25.4. The minimum atomic E-state index is -0.210. The molecular formula is C28H30N4O3S. The highest BCUT2D eigenvalue weighted by atomic mass is 32.1. The van der Waals surface area contributed by atoms with Gasteiger partial charge in [0.25, 0.3) is 0 Å². The standard InChI is InChI=1S/C28H30N4O3S/c1-14-9-15(2)23(31-25(33)16-5-7-29-12-16)19(10-14)18-6-8-30-20-11-17(36-24(18)20)13-32-26(34)21-22(27(32)35)28(21,3)4/h6,8-11,16,21-22,29H,5,7,12-13H2,1-4H3,(H,31,33)/t16-,21?,22?/m0/s1. The fraction of sp³-hybridized carbons (Fsp3) is 0.429. The summed E-state index contributed by atoms with van der Waals surface area (Å²) in [5.74, 6) is -0.453. The highest BCUT2D eigenvalue weighted by Crippen LogP contribution is 2.63. The lowest BCUT2D eigenvalue weighted by atomic mass is 9.97. The van der Waals surface area contributed by atoms with E-state index in [4.69, 9.17) is 0 Å². The Morgan fingerprint density at radius 3 is 2.61 bits per heavy atom. The molecule has 2 saturated heterocycles. The van der Waals surface area contributed by atoms with Gasteiger partial charge in [-0.3, -0.25) is 24.3 Å². The van der Waals surface area contributed by atoms with Crippen molar-refractivity contribution in [2.75, 3.05) is 18.4 Å². The van der Waals surface area contributed by atoms with E-state index in [1.807, 2.05) is 32.9 Å². The van der Waals surface area contributed by atoms with Crippen molar-refractivity contribution in [1.82, 2.24) is 15.2 Å². The van der Waals surface area contributed by atoms with Gasteiger partial charge in [0.05, 0.1) is 40.2 Å². The molecule has 6 rings (SSSR count). The Balaban J connectivity index is 1.35. The number of carbonyl (C=O) groups excluding carboxylic acids is 3. The number of carbonyl (C=O) groups is 3. The zero-order valence-corrected chi connectivity index (χ0v) is 21.8. The molecule has 2 N–H and O–H groups in total. The normalized spacial score (nSPS) is 24.4. The number of nitrogens with zero attached hydrogens (tertiary/aromatic N) is 2. The number of thiophene rings is 1. The molecule has 3 fully saturated rings. The fourth-order valence-corrected chi connectivity index (χ4v) is 7.17. The predicted octanol–water partition coefficient (Wildman–Crippen LogP) is 4.27. The van der Waals surface area contributed by atoms with Crippen LogP contribution in [0, 0.1) is 37.0 Å².